The first-order valence-corrected chi connectivity index (χ1v) is 4.11. The highest BCUT2D eigenvalue weighted by Gasteiger charge is 1.82. The summed E-state index contributed by atoms with van der Waals surface area (Å²) in [6.07, 6.45) is 1.31. The molecule has 0 aromatic carbocycles. The SMILES string of the molecule is C=CCOS(=O)([O-])=S. The van der Waals surface area contributed by atoms with E-state index in [2.05, 4.69) is 22.0 Å². The number of hydrogen-bond acceptors (Lipinski definition) is 4. The molecule has 0 aromatic heterocycles. The summed E-state index contributed by atoms with van der Waals surface area (Å²) in [5.41, 5.74) is 0. The highest BCUT2D eigenvalue weighted by molar-refractivity contribution is 8.26. The van der Waals surface area contributed by atoms with Crippen molar-refractivity contribution in [3.8, 4) is 0 Å². The minimum atomic E-state index is -3.67. The lowest BCUT2D eigenvalue weighted by Gasteiger charge is -2.07. The predicted octanol–water partition coefficient (Wildman–Crippen LogP) is -0.0193. The Balaban J connectivity index is 3.57. The van der Waals surface area contributed by atoms with Gasteiger partial charge in [0.2, 0.25) is 0 Å². The lowest BCUT2D eigenvalue weighted by molar-refractivity contribution is 0.331. The minimum Gasteiger partial charge on any atom is -0.748 e. The van der Waals surface area contributed by atoms with E-state index in [9.17, 15) is 8.76 Å². The fourth-order valence-corrected chi connectivity index (χ4v) is 0.561. The molecular weight excluding hydrogens is 148 g/mol. The van der Waals surface area contributed by atoms with E-state index in [-0.39, 0.29) is 6.61 Å². The highest BCUT2D eigenvalue weighted by Crippen LogP contribution is 1.84. The molecule has 0 saturated heterocycles. The van der Waals surface area contributed by atoms with Crippen LogP contribution in [0, 0.1) is 0 Å². The minimum absolute atomic E-state index is 0.0498. The summed E-state index contributed by atoms with van der Waals surface area (Å²) in [5, 5.41) is 0. The Labute approximate surface area is 53.1 Å². The van der Waals surface area contributed by atoms with Gasteiger partial charge in [-0.05, 0) is 11.2 Å². The van der Waals surface area contributed by atoms with Crippen molar-refractivity contribution in [1.29, 1.82) is 0 Å². The molecule has 0 aliphatic rings. The van der Waals surface area contributed by atoms with Crippen molar-refractivity contribution in [2.45, 2.75) is 0 Å². The van der Waals surface area contributed by atoms with E-state index in [1.165, 1.54) is 6.08 Å². The molecule has 1 atom stereocenters. The normalized spacial score (nSPS) is 17.1. The molecule has 1 unspecified atom stereocenters. The maximum atomic E-state index is 9.93. The van der Waals surface area contributed by atoms with Crippen molar-refractivity contribution in [2.75, 3.05) is 6.61 Å². The van der Waals surface area contributed by atoms with E-state index in [0.29, 0.717) is 0 Å². The van der Waals surface area contributed by atoms with E-state index in [0.717, 1.165) is 0 Å². The molecule has 0 aliphatic heterocycles. The zero-order valence-corrected chi connectivity index (χ0v) is 5.67. The maximum Gasteiger partial charge on any atom is 0.0847 e. The molecule has 48 valence electrons. The molecule has 0 spiro atoms. The van der Waals surface area contributed by atoms with Crippen molar-refractivity contribution < 1.29 is 12.9 Å². The smallest absolute Gasteiger partial charge is 0.0847 e. The first-order valence-electron chi connectivity index (χ1n) is 1.77. The summed E-state index contributed by atoms with van der Waals surface area (Å²) in [5.74, 6) is 0. The first-order chi connectivity index (χ1) is 3.56. The van der Waals surface area contributed by atoms with Gasteiger partial charge in [-0.1, -0.05) is 6.08 Å². The van der Waals surface area contributed by atoms with E-state index >= 15 is 0 Å². The molecule has 3 nitrogen and oxygen atoms in total. The van der Waals surface area contributed by atoms with Crippen molar-refractivity contribution >= 4 is 20.2 Å². The van der Waals surface area contributed by atoms with Gasteiger partial charge in [0.25, 0.3) is 0 Å². The zero-order valence-electron chi connectivity index (χ0n) is 4.03. The Kier molecular flexibility index (Phi) is 3.15. The maximum absolute atomic E-state index is 9.93. The molecule has 8 heavy (non-hydrogen) atoms. The van der Waals surface area contributed by atoms with Gasteiger partial charge in [0.05, 0.1) is 15.7 Å². The summed E-state index contributed by atoms with van der Waals surface area (Å²) in [4.78, 5) is 0. The van der Waals surface area contributed by atoms with E-state index < -0.39 is 9.05 Å². The second-order valence-corrected chi connectivity index (χ2v) is 3.26. The lowest BCUT2D eigenvalue weighted by Crippen LogP contribution is -2.01. The van der Waals surface area contributed by atoms with Crippen LogP contribution in [0.25, 0.3) is 0 Å². The predicted molar refractivity (Wildman–Crippen MR) is 32.4 cm³/mol. The molecule has 0 N–H and O–H groups in total. The Morgan fingerprint density at radius 2 is 2.50 bits per heavy atom. The largest absolute Gasteiger partial charge is 0.748 e. The van der Waals surface area contributed by atoms with Crippen LogP contribution >= 0.6 is 0 Å². The van der Waals surface area contributed by atoms with Crippen molar-refractivity contribution in [3.05, 3.63) is 12.7 Å². The Morgan fingerprint density at radius 1 is 2.00 bits per heavy atom. The fraction of sp³-hybridized carbons (Fsp3) is 0.333. The molecule has 0 rings (SSSR count). The molecule has 5 heteroatoms. The Bertz CT molecular complexity index is 157. The molecular formula is C3H5O3S2-. The summed E-state index contributed by atoms with van der Waals surface area (Å²) < 4.78 is 23.9. The molecule has 0 aromatic rings. The second kappa shape index (κ2) is 3.13. The van der Waals surface area contributed by atoms with Gasteiger partial charge < -0.3 is 4.55 Å². The van der Waals surface area contributed by atoms with Gasteiger partial charge in [-0.15, -0.1) is 6.58 Å². The third-order valence-electron chi connectivity index (χ3n) is 0.330. The molecule has 0 radical (unpaired) electrons. The molecule has 0 aliphatic carbocycles. The van der Waals surface area contributed by atoms with Gasteiger partial charge >= 0.3 is 0 Å². The third kappa shape index (κ3) is 6.03. The van der Waals surface area contributed by atoms with Gasteiger partial charge in [0.1, 0.15) is 0 Å². The lowest BCUT2D eigenvalue weighted by atomic mass is 10.7. The van der Waals surface area contributed by atoms with Crippen molar-refractivity contribution in [1.82, 2.24) is 0 Å². The number of hydrogen-bond donors (Lipinski definition) is 0. The van der Waals surface area contributed by atoms with Crippen LogP contribution in [0.3, 0.4) is 0 Å². The summed E-state index contributed by atoms with van der Waals surface area (Å²) in [7, 11) is -3.67. The average Bonchev–Trinajstić information content (AvgIpc) is 1.59. The van der Waals surface area contributed by atoms with Crippen LogP contribution in [0.4, 0.5) is 0 Å². The van der Waals surface area contributed by atoms with Crippen LogP contribution in [0.15, 0.2) is 12.7 Å². The van der Waals surface area contributed by atoms with E-state index in [4.69, 9.17) is 0 Å². The fourth-order valence-electron chi connectivity index (χ4n) is 0.131. The monoisotopic (exact) mass is 153 g/mol. The molecule has 0 amide bonds. The van der Waals surface area contributed by atoms with Crippen LogP contribution < -0.4 is 0 Å². The van der Waals surface area contributed by atoms with E-state index in [1.807, 2.05) is 0 Å². The van der Waals surface area contributed by atoms with Gasteiger partial charge in [-0.3, -0.25) is 4.18 Å². The molecule has 0 fully saturated rings. The molecule has 0 heterocycles. The van der Waals surface area contributed by atoms with Gasteiger partial charge in [0.15, 0.2) is 0 Å². The van der Waals surface area contributed by atoms with Crippen LogP contribution in [0.2, 0.25) is 0 Å². The van der Waals surface area contributed by atoms with Crippen LogP contribution in [-0.2, 0) is 24.4 Å². The first kappa shape index (κ1) is 8.03. The van der Waals surface area contributed by atoms with Gasteiger partial charge in [0, 0.05) is 0 Å². The number of rotatable bonds is 3. The van der Waals surface area contributed by atoms with Crippen LogP contribution in [0.1, 0.15) is 0 Å². The average molecular weight is 153 g/mol. The standard InChI is InChI=1S/C3H6O3S2/c1-2-3-6-8(4,5)7/h2H,1,3H2,(H,4,5,7)/p-1. The molecule has 0 bridgehead atoms. The van der Waals surface area contributed by atoms with Crippen LogP contribution in [0.5, 0.6) is 0 Å². The topological polar surface area (TPSA) is 49.4 Å². The Morgan fingerprint density at radius 3 is 2.62 bits per heavy atom. The zero-order chi connectivity index (χ0) is 6.62. The third-order valence-corrected chi connectivity index (χ3v) is 1.04. The second-order valence-electron chi connectivity index (χ2n) is 0.981. The van der Waals surface area contributed by atoms with Gasteiger partial charge in [-0.2, -0.15) is 0 Å². The summed E-state index contributed by atoms with van der Waals surface area (Å²) in [6, 6.07) is 0. The van der Waals surface area contributed by atoms with Crippen LogP contribution in [-0.4, -0.2) is 15.4 Å². The van der Waals surface area contributed by atoms with Crippen molar-refractivity contribution in [3.63, 3.8) is 0 Å². The summed E-state index contributed by atoms with van der Waals surface area (Å²) >= 11 is 3.85. The Hall–Kier alpha value is 0.0300. The van der Waals surface area contributed by atoms with Crippen molar-refractivity contribution in [2.24, 2.45) is 0 Å². The van der Waals surface area contributed by atoms with Gasteiger partial charge in [-0.25, -0.2) is 4.21 Å². The summed E-state index contributed by atoms with van der Waals surface area (Å²) in [6.45, 7) is 3.18. The highest BCUT2D eigenvalue weighted by atomic mass is 32.9. The molecule has 0 saturated carbocycles. The quantitative estimate of drug-likeness (QED) is 0.535. The van der Waals surface area contributed by atoms with E-state index in [1.54, 1.807) is 0 Å².